The predicted octanol–water partition coefficient (Wildman–Crippen LogP) is 2.50. The molecule has 1 aromatic rings. The lowest BCUT2D eigenvalue weighted by molar-refractivity contribution is -0.142. The number of hydrogen-bond donors (Lipinski definition) is 3. The largest absolute Gasteiger partial charge is 0.481 e. The summed E-state index contributed by atoms with van der Waals surface area (Å²) in [5.41, 5.74) is 0.846. The smallest absolute Gasteiger partial charge is 0.318 e. The van der Waals surface area contributed by atoms with E-state index < -0.39 is 5.97 Å². The van der Waals surface area contributed by atoms with Gasteiger partial charge < -0.3 is 24.8 Å². The van der Waals surface area contributed by atoms with Crippen LogP contribution in [0.15, 0.2) is 28.7 Å². The van der Waals surface area contributed by atoms with E-state index in [1.165, 1.54) is 0 Å². The van der Waals surface area contributed by atoms with Gasteiger partial charge in [-0.25, -0.2) is 4.79 Å². The van der Waals surface area contributed by atoms with Crippen LogP contribution in [0.1, 0.15) is 44.1 Å². The van der Waals surface area contributed by atoms with E-state index in [1.807, 2.05) is 6.92 Å². The fraction of sp³-hybridized carbons (Fsp3) is 0.556. The highest BCUT2D eigenvalue weighted by atomic mass is 16.4. The molecule has 0 spiro atoms. The van der Waals surface area contributed by atoms with Crippen LogP contribution in [0.3, 0.4) is 0 Å². The fourth-order valence-corrected chi connectivity index (χ4v) is 3.06. The molecular weight excluding hydrogens is 324 g/mol. The molecule has 0 bridgehead atoms. The first kappa shape index (κ1) is 19.1. The van der Waals surface area contributed by atoms with Crippen molar-refractivity contribution in [1.82, 2.24) is 10.2 Å². The zero-order valence-electron chi connectivity index (χ0n) is 14.5. The number of furan rings is 1. The maximum absolute atomic E-state index is 12.6. The molecule has 3 N–H and O–H groups in total. The first-order valence-corrected chi connectivity index (χ1v) is 8.50. The number of aliphatic carboxylic acids is 1. The van der Waals surface area contributed by atoms with Crippen molar-refractivity contribution < 1.29 is 24.2 Å². The topological polar surface area (TPSA) is 103 Å². The van der Waals surface area contributed by atoms with Gasteiger partial charge in [0, 0.05) is 12.6 Å². The summed E-state index contributed by atoms with van der Waals surface area (Å²) >= 11 is 0. The van der Waals surface area contributed by atoms with Gasteiger partial charge in [0.15, 0.2) is 0 Å². The van der Waals surface area contributed by atoms with Crippen LogP contribution in [0.2, 0.25) is 0 Å². The van der Waals surface area contributed by atoms with Crippen molar-refractivity contribution >= 4 is 12.0 Å². The average molecular weight is 350 g/mol. The van der Waals surface area contributed by atoms with Crippen molar-refractivity contribution in [2.45, 2.75) is 51.8 Å². The fourth-order valence-electron chi connectivity index (χ4n) is 3.06. The Labute approximate surface area is 147 Å². The third kappa shape index (κ3) is 5.63. The maximum Gasteiger partial charge on any atom is 0.318 e. The highest BCUT2D eigenvalue weighted by Crippen LogP contribution is 2.24. The van der Waals surface area contributed by atoms with Crippen LogP contribution in [0.4, 0.5) is 4.79 Å². The van der Waals surface area contributed by atoms with Gasteiger partial charge in [0.2, 0.25) is 0 Å². The average Bonchev–Trinajstić information content (AvgIpc) is 3.02. The van der Waals surface area contributed by atoms with E-state index in [9.17, 15) is 9.59 Å². The Hall–Kier alpha value is -2.28. The van der Waals surface area contributed by atoms with Crippen molar-refractivity contribution in [3.05, 3.63) is 35.8 Å². The van der Waals surface area contributed by atoms with Crippen molar-refractivity contribution in [3.63, 3.8) is 0 Å². The highest BCUT2D eigenvalue weighted by Gasteiger charge is 2.28. The predicted molar refractivity (Wildman–Crippen MR) is 91.8 cm³/mol. The Morgan fingerprint density at radius 2 is 1.92 bits per heavy atom. The van der Waals surface area contributed by atoms with Gasteiger partial charge in [-0.05, 0) is 44.7 Å². The van der Waals surface area contributed by atoms with Crippen LogP contribution in [-0.2, 0) is 17.9 Å². The first-order chi connectivity index (χ1) is 11.9. The van der Waals surface area contributed by atoms with Gasteiger partial charge in [-0.3, -0.25) is 4.79 Å². The third-order valence-corrected chi connectivity index (χ3v) is 4.37. The number of carboxylic acid groups (broad SMARTS) is 1. The van der Waals surface area contributed by atoms with Gasteiger partial charge in [0.1, 0.15) is 18.1 Å². The molecule has 138 valence electrons. The molecule has 1 aliphatic rings. The summed E-state index contributed by atoms with van der Waals surface area (Å²) in [5.74, 6) is -0.0152. The summed E-state index contributed by atoms with van der Waals surface area (Å²) in [6, 6.07) is 3.19. The molecule has 25 heavy (non-hydrogen) atoms. The number of aliphatic hydroxyl groups excluding tert-OH is 1. The second-order valence-electron chi connectivity index (χ2n) is 6.68. The number of carbonyl (C=O) groups excluding carboxylic acids is 1. The van der Waals surface area contributed by atoms with Gasteiger partial charge in [-0.1, -0.05) is 12.2 Å². The van der Waals surface area contributed by atoms with Gasteiger partial charge >= 0.3 is 12.0 Å². The van der Waals surface area contributed by atoms with Crippen molar-refractivity contribution in [2.24, 2.45) is 5.92 Å². The molecule has 1 aliphatic carbocycles. The number of carbonyl (C=O) groups is 2. The van der Waals surface area contributed by atoms with Gasteiger partial charge in [0.05, 0.1) is 12.5 Å². The first-order valence-electron chi connectivity index (χ1n) is 8.50. The molecule has 0 saturated heterocycles. The molecule has 0 aromatic carbocycles. The standard InChI is InChI=1S/C18H26N2O5/c1-12(2)9-20(10-15-7-8-16(11-21)25-15)18(24)19-14-5-3-13(4-6-14)17(22)23/h7-8,13-14,21H,1,3-6,9-11H2,2H3,(H,19,24)(H,22,23). The lowest BCUT2D eigenvalue weighted by Gasteiger charge is -2.30. The van der Waals surface area contributed by atoms with Gasteiger partial charge in [0.25, 0.3) is 0 Å². The lowest BCUT2D eigenvalue weighted by atomic mass is 9.86. The zero-order valence-corrected chi connectivity index (χ0v) is 14.5. The number of hydrogen-bond acceptors (Lipinski definition) is 4. The van der Waals surface area contributed by atoms with Crippen molar-refractivity contribution in [3.8, 4) is 0 Å². The van der Waals surface area contributed by atoms with Crippen LogP contribution in [0.5, 0.6) is 0 Å². The molecule has 0 unspecified atom stereocenters. The molecule has 0 aliphatic heterocycles. The number of carboxylic acids is 1. The van der Waals surface area contributed by atoms with Gasteiger partial charge in [-0.2, -0.15) is 0 Å². The second kappa shape index (κ2) is 8.71. The van der Waals surface area contributed by atoms with E-state index in [0.29, 0.717) is 43.7 Å². The van der Waals surface area contributed by atoms with Crippen molar-refractivity contribution in [2.75, 3.05) is 6.54 Å². The molecule has 1 saturated carbocycles. The molecule has 1 fully saturated rings. The minimum absolute atomic E-state index is 0.0136. The van der Waals surface area contributed by atoms with Crippen LogP contribution in [0, 0.1) is 5.92 Å². The minimum atomic E-state index is -0.758. The van der Waals surface area contributed by atoms with E-state index in [1.54, 1.807) is 17.0 Å². The SMILES string of the molecule is C=C(C)CN(Cc1ccc(CO)o1)C(=O)NC1CCC(C(=O)O)CC1. The van der Waals surface area contributed by atoms with Gasteiger partial charge in [-0.15, -0.1) is 0 Å². The minimum Gasteiger partial charge on any atom is -0.481 e. The molecule has 0 atom stereocenters. The maximum atomic E-state index is 12.6. The third-order valence-electron chi connectivity index (χ3n) is 4.37. The number of nitrogens with zero attached hydrogens (tertiary/aromatic N) is 1. The Bertz CT molecular complexity index is 617. The normalized spacial score (nSPS) is 20.1. The molecule has 7 nitrogen and oxygen atoms in total. The summed E-state index contributed by atoms with van der Waals surface area (Å²) < 4.78 is 5.46. The van der Waals surface area contributed by atoms with Crippen molar-refractivity contribution in [1.29, 1.82) is 0 Å². The summed E-state index contributed by atoms with van der Waals surface area (Å²) in [4.78, 5) is 25.2. The summed E-state index contributed by atoms with van der Waals surface area (Å²) in [6.45, 7) is 6.20. The van der Waals surface area contributed by atoms with E-state index in [-0.39, 0.29) is 31.1 Å². The highest BCUT2D eigenvalue weighted by molar-refractivity contribution is 5.75. The number of urea groups is 1. The molecule has 0 radical (unpaired) electrons. The Balaban J connectivity index is 1.93. The summed E-state index contributed by atoms with van der Waals surface area (Å²) in [7, 11) is 0. The van der Waals surface area contributed by atoms with E-state index in [4.69, 9.17) is 14.6 Å². The van der Waals surface area contributed by atoms with E-state index in [0.717, 1.165) is 5.57 Å². The van der Waals surface area contributed by atoms with Crippen LogP contribution in [-0.4, -0.2) is 39.7 Å². The molecule has 2 rings (SSSR count). The Morgan fingerprint density at radius 3 is 2.44 bits per heavy atom. The second-order valence-corrected chi connectivity index (χ2v) is 6.68. The Morgan fingerprint density at radius 1 is 1.28 bits per heavy atom. The van der Waals surface area contributed by atoms with E-state index in [2.05, 4.69) is 11.9 Å². The quantitative estimate of drug-likeness (QED) is 0.656. The van der Waals surface area contributed by atoms with Crippen LogP contribution < -0.4 is 5.32 Å². The number of rotatable bonds is 7. The van der Waals surface area contributed by atoms with Crippen LogP contribution in [0.25, 0.3) is 0 Å². The van der Waals surface area contributed by atoms with Crippen LogP contribution >= 0.6 is 0 Å². The number of amides is 2. The zero-order chi connectivity index (χ0) is 18.4. The molecule has 2 amide bonds. The molecule has 7 heteroatoms. The number of aliphatic hydroxyl groups is 1. The van der Waals surface area contributed by atoms with E-state index >= 15 is 0 Å². The monoisotopic (exact) mass is 350 g/mol. The summed E-state index contributed by atoms with van der Waals surface area (Å²) in [5, 5.41) is 21.1. The molecular formula is C18H26N2O5. The number of nitrogens with one attached hydrogen (secondary N) is 1. The summed E-state index contributed by atoms with van der Waals surface area (Å²) in [6.07, 6.45) is 2.50. The Kier molecular flexibility index (Phi) is 6.64. The molecule has 1 aromatic heterocycles. The lowest BCUT2D eigenvalue weighted by Crippen LogP contribution is -2.46. The molecule has 1 heterocycles.